The summed E-state index contributed by atoms with van der Waals surface area (Å²) in [6, 6.07) is 0. The van der Waals surface area contributed by atoms with Gasteiger partial charge in [0, 0.05) is 0 Å². The molecule has 0 radical (unpaired) electrons. The minimum absolute atomic E-state index is 0. The predicted molar refractivity (Wildman–Crippen MR) is 58.8 cm³/mol. The van der Waals surface area contributed by atoms with Gasteiger partial charge in [0.2, 0.25) is 0 Å². The Labute approximate surface area is 79.1 Å². The Morgan fingerprint density at radius 1 is 0.750 bits per heavy atom. The molecule has 0 saturated carbocycles. The summed E-state index contributed by atoms with van der Waals surface area (Å²) in [5.74, 6) is 0. The van der Waals surface area contributed by atoms with Crippen LogP contribution in [0.5, 0.6) is 0 Å². The minimum atomic E-state index is 0. The normalized spacial score (nSPS) is 9.50. The van der Waals surface area contributed by atoms with E-state index in [1.165, 1.54) is 25.7 Å². The molecule has 78 valence electrons. The lowest BCUT2D eigenvalue weighted by atomic mass is 10.2. The van der Waals surface area contributed by atoms with Crippen molar-refractivity contribution in [3.05, 3.63) is 0 Å². The fourth-order valence-corrected chi connectivity index (χ4v) is 0.500. The molecule has 2 heteroatoms. The van der Waals surface area contributed by atoms with Crippen LogP contribution in [0.1, 0.15) is 39.5 Å². The van der Waals surface area contributed by atoms with Gasteiger partial charge in [-0.15, -0.1) is 0 Å². The highest BCUT2D eigenvalue weighted by Crippen LogP contribution is 1.95. The molecule has 0 aliphatic rings. The smallest absolute Gasteiger partial charge is 0.0675 e. The third-order valence-electron chi connectivity index (χ3n) is 0.957. The molecule has 0 aliphatic carbocycles. The molecule has 0 aromatic carbocycles. The standard InChI is InChI=1S/C6H14.C4H12N.H3N/c1-3-5-6-4-2;1-5(2,3)4;/h3-6H2,1-2H3;1-4H3;1H3/q;+1;. The average molecular weight is 177 g/mol. The maximum atomic E-state index is 2.23. The van der Waals surface area contributed by atoms with Crippen LogP contribution in [0.4, 0.5) is 0 Å². The van der Waals surface area contributed by atoms with Gasteiger partial charge in [0.05, 0.1) is 28.2 Å². The van der Waals surface area contributed by atoms with Crippen LogP contribution in [0.2, 0.25) is 0 Å². The first-order chi connectivity index (χ1) is 4.91. The minimum Gasteiger partial charge on any atom is -0.344 e. The van der Waals surface area contributed by atoms with Gasteiger partial charge in [-0.05, 0) is 0 Å². The number of rotatable bonds is 3. The quantitative estimate of drug-likeness (QED) is 0.522. The summed E-state index contributed by atoms with van der Waals surface area (Å²) in [7, 11) is 8.50. The molecule has 0 unspecified atom stereocenters. The predicted octanol–water partition coefficient (Wildman–Crippen LogP) is 3.07. The van der Waals surface area contributed by atoms with Gasteiger partial charge in [0.1, 0.15) is 0 Å². The Morgan fingerprint density at radius 2 is 0.917 bits per heavy atom. The molecule has 0 aliphatic heterocycles. The van der Waals surface area contributed by atoms with Crippen LogP contribution in [-0.2, 0) is 0 Å². The Bertz CT molecular complexity index is 54.7. The van der Waals surface area contributed by atoms with E-state index in [0.717, 1.165) is 4.48 Å². The van der Waals surface area contributed by atoms with Gasteiger partial charge in [-0.1, -0.05) is 39.5 Å². The van der Waals surface area contributed by atoms with Crippen LogP contribution in [0, 0.1) is 0 Å². The molecule has 0 rings (SSSR count). The van der Waals surface area contributed by atoms with E-state index < -0.39 is 0 Å². The SMILES string of the molecule is CCCCCC.C[N+](C)(C)C.N. The molecule has 3 N–H and O–H groups in total. The van der Waals surface area contributed by atoms with E-state index in [1.807, 2.05) is 0 Å². The molecular weight excluding hydrogens is 148 g/mol. The topological polar surface area (TPSA) is 35.0 Å². The van der Waals surface area contributed by atoms with Crippen molar-refractivity contribution in [3.8, 4) is 0 Å². The van der Waals surface area contributed by atoms with Crippen molar-refractivity contribution < 1.29 is 4.48 Å². The molecule has 0 fully saturated rings. The molecule has 0 aromatic heterocycles. The Morgan fingerprint density at radius 3 is 1.00 bits per heavy atom. The highest BCUT2D eigenvalue weighted by Gasteiger charge is 1.88. The van der Waals surface area contributed by atoms with Crippen LogP contribution >= 0.6 is 0 Å². The van der Waals surface area contributed by atoms with Crippen molar-refractivity contribution in [1.29, 1.82) is 0 Å². The zero-order chi connectivity index (χ0) is 9.33. The lowest BCUT2D eigenvalue weighted by Gasteiger charge is -2.14. The molecule has 0 amide bonds. The molecule has 12 heavy (non-hydrogen) atoms. The van der Waals surface area contributed by atoms with E-state index in [9.17, 15) is 0 Å². The van der Waals surface area contributed by atoms with E-state index in [-0.39, 0.29) is 6.15 Å². The van der Waals surface area contributed by atoms with Crippen molar-refractivity contribution in [3.63, 3.8) is 0 Å². The van der Waals surface area contributed by atoms with E-state index >= 15 is 0 Å². The number of nitrogens with zero attached hydrogens (tertiary/aromatic N) is 1. The molecule has 2 nitrogen and oxygen atoms in total. The fraction of sp³-hybridized carbons (Fsp3) is 1.00. The number of hydrogen-bond acceptors (Lipinski definition) is 1. The van der Waals surface area contributed by atoms with Crippen LogP contribution in [0.25, 0.3) is 0 Å². The fourth-order valence-electron chi connectivity index (χ4n) is 0.500. The van der Waals surface area contributed by atoms with Gasteiger partial charge >= 0.3 is 0 Å². The number of unbranched alkanes of at least 4 members (excludes halogenated alkanes) is 3. The number of quaternary nitrogens is 1. The second kappa shape index (κ2) is 10.9. The van der Waals surface area contributed by atoms with Gasteiger partial charge in [0.15, 0.2) is 0 Å². The second-order valence-corrected chi connectivity index (χ2v) is 4.39. The van der Waals surface area contributed by atoms with E-state index in [1.54, 1.807) is 0 Å². The molecule has 0 heterocycles. The van der Waals surface area contributed by atoms with Gasteiger partial charge in [-0.2, -0.15) is 0 Å². The summed E-state index contributed by atoms with van der Waals surface area (Å²) < 4.78 is 1.00. The summed E-state index contributed by atoms with van der Waals surface area (Å²) >= 11 is 0. The molecule has 0 aromatic rings. The van der Waals surface area contributed by atoms with Crippen LogP contribution in [0.3, 0.4) is 0 Å². The van der Waals surface area contributed by atoms with Crippen molar-refractivity contribution >= 4 is 0 Å². The van der Waals surface area contributed by atoms with Crippen molar-refractivity contribution in [2.75, 3.05) is 28.2 Å². The summed E-state index contributed by atoms with van der Waals surface area (Å²) in [5.41, 5.74) is 0. The molecule has 0 spiro atoms. The maximum Gasteiger partial charge on any atom is 0.0675 e. The van der Waals surface area contributed by atoms with Crippen LogP contribution in [0.15, 0.2) is 0 Å². The Balaban J connectivity index is -0.000000126. The Hall–Kier alpha value is -0.0800. The highest BCUT2D eigenvalue weighted by molar-refractivity contribution is 4.31. The van der Waals surface area contributed by atoms with Gasteiger partial charge in [-0.25, -0.2) is 0 Å². The summed E-state index contributed by atoms with van der Waals surface area (Å²) in [4.78, 5) is 0. The lowest BCUT2D eigenvalue weighted by Crippen LogP contribution is -2.27. The van der Waals surface area contributed by atoms with Crippen molar-refractivity contribution in [1.82, 2.24) is 6.15 Å². The Kier molecular flexibility index (Phi) is 16.3. The first-order valence-electron chi connectivity index (χ1n) is 4.70. The zero-order valence-corrected chi connectivity index (χ0v) is 9.98. The van der Waals surface area contributed by atoms with Crippen molar-refractivity contribution in [2.45, 2.75) is 39.5 Å². The molecule has 0 saturated heterocycles. The second-order valence-electron chi connectivity index (χ2n) is 4.39. The maximum absolute atomic E-state index is 2.23. The summed E-state index contributed by atoms with van der Waals surface area (Å²) in [6.07, 6.45) is 5.54. The van der Waals surface area contributed by atoms with Gasteiger partial charge < -0.3 is 10.6 Å². The van der Waals surface area contributed by atoms with Crippen LogP contribution < -0.4 is 6.15 Å². The first-order valence-corrected chi connectivity index (χ1v) is 4.70. The lowest BCUT2D eigenvalue weighted by molar-refractivity contribution is -0.849. The summed E-state index contributed by atoms with van der Waals surface area (Å²) in [5, 5.41) is 0. The molecule has 0 atom stereocenters. The van der Waals surface area contributed by atoms with E-state index in [2.05, 4.69) is 42.0 Å². The average Bonchev–Trinajstić information content (AvgIpc) is 1.79. The third-order valence-corrected chi connectivity index (χ3v) is 0.957. The molecular formula is C10H29N2+. The van der Waals surface area contributed by atoms with Crippen molar-refractivity contribution in [2.24, 2.45) is 0 Å². The molecule has 0 bridgehead atoms. The van der Waals surface area contributed by atoms with E-state index in [0.29, 0.717) is 0 Å². The third kappa shape index (κ3) is 92.6. The summed E-state index contributed by atoms with van der Waals surface area (Å²) in [6.45, 7) is 4.46. The largest absolute Gasteiger partial charge is 0.344 e. The zero-order valence-electron chi connectivity index (χ0n) is 9.98. The first kappa shape index (κ1) is 17.9. The highest BCUT2D eigenvalue weighted by atomic mass is 15.2. The van der Waals surface area contributed by atoms with Crippen LogP contribution in [-0.4, -0.2) is 32.7 Å². The monoisotopic (exact) mass is 177 g/mol. The van der Waals surface area contributed by atoms with E-state index in [4.69, 9.17) is 0 Å². The van der Waals surface area contributed by atoms with Gasteiger partial charge in [-0.3, -0.25) is 0 Å². The number of hydrogen-bond donors (Lipinski definition) is 1. The van der Waals surface area contributed by atoms with Gasteiger partial charge in [0.25, 0.3) is 0 Å².